The number of amides is 2. The minimum Gasteiger partial charge on any atom is -0.494 e. The first kappa shape index (κ1) is 23.9. The fourth-order valence-electron chi connectivity index (χ4n) is 5.08. The van der Waals surface area contributed by atoms with Crippen molar-refractivity contribution in [2.75, 3.05) is 19.7 Å². The second-order valence-corrected chi connectivity index (χ2v) is 10.2. The van der Waals surface area contributed by atoms with Crippen LogP contribution in [0, 0.1) is 5.92 Å². The molecule has 4 atom stereocenters. The number of para-hydroxylation sites is 1. The van der Waals surface area contributed by atoms with Gasteiger partial charge in [-0.15, -0.1) is 11.8 Å². The summed E-state index contributed by atoms with van der Waals surface area (Å²) in [6.45, 7) is 4.42. The standard InChI is InChI=1S/C27H32N4O3S/c1-2-34-22-13-7-6-11-19(22)15-28-25(32)20-12-8-14-31(16-20)27-29-23-21(18-9-4-3-5-10-18)17-35-24(23)26(33)30-27/h3-7,9-11,13,17,20,23-24,27,29H,2,8,12,14-16H2,1H3,(H,28,32)(H,30,33). The lowest BCUT2D eigenvalue weighted by atomic mass is 9.94. The van der Waals surface area contributed by atoms with Crippen molar-refractivity contribution in [3.05, 3.63) is 71.1 Å². The number of fused-ring (bicyclic) bond motifs is 1. The summed E-state index contributed by atoms with van der Waals surface area (Å²) in [5.74, 6) is 0.773. The normalized spacial score (nSPS) is 26.4. The van der Waals surface area contributed by atoms with Crippen LogP contribution in [0.5, 0.6) is 5.75 Å². The van der Waals surface area contributed by atoms with Crippen molar-refractivity contribution >= 4 is 29.1 Å². The van der Waals surface area contributed by atoms with Gasteiger partial charge in [0.1, 0.15) is 17.3 Å². The molecule has 0 saturated carbocycles. The molecule has 35 heavy (non-hydrogen) atoms. The van der Waals surface area contributed by atoms with Gasteiger partial charge in [0, 0.05) is 25.2 Å². The van der Waals surface area contributed by atoms with E-state index in [-0.39, 0.29) is 35.3 Å². The zero-order valence-corrected chi connectivity index (χ0v) is 20.7. The molecule has 5 rings (SSSR count). The Morgan fingerprint density at radius 1 is 1.17 bits per heavy atom. The van der Waals surface area contributed by atoms with Crippen molar-refractivity contribution in [3.63, 3.8) is 0 Å². The third-order valence-corrected chi connectivity index (χ3v) is 8.05. The maximum atomic E-state index is 13.1. The molecule has 3 N–H and O–H groups in total. The van der Waals surface area contributed by atoms with Crippen molar-refractivity contribution in [3.8, 4) is 5.75 Å². The molecule has 3 heterocycles. The number of ether oxygens (including phenoxy) is 1. The van der Waals surface area contributed by atoms with E-state index in [0.29, 0.717) is 19.7 Å². The van der Waals surface area contributed by atoms with Crippen LogP contribution in [0.15, 0.2) is 60.0 Å². The van der Waals surface area contributed by atoms with Crippen LogP contribution in [0.2, 0.25) is 0 Å². The quantitative estimate of drug-likeness (QED) is 0.551. The number of carbonyl (C=O) groups is 2. The summed E-state index contributed by atoms with van der Waals surface area (Å²) in [6, 6.07) is 18.0. The van der Waals surface area contributed by atoms with Crippen LogP contribution in [0.3, 0.4) is 0 Å². The second kappa shape index (κ2) is 10.8. The minimum atomic E-state index is -0.288. The van der Waals surface area contributed by atoms with Crippen LogP contribution in [-0.4, -0.2) is 54.0 Å². The predicted molar refractivity (Wildman–Crippen MR) is 138 cm³/mol. The molecule has 8 heteroatoms. The van der Waals surface area contributed by atoms with E-state index in [0.717, 1.165) is 41.8 Å². The first-order valence-corrected chi connectivity index (χ1v) is 13.3. The summed E-state index contributed by atoms with van der Waals surface area (Å²) in [4.78, 5) is 28.2. The molecule has 0 bridgehead atoms. The van der Waals surface area contributed by atoms with Gasteiger partial charge in [0.2, 0.25) is 11.8 Å². The lowest BCUT2D eigenvalue weighted by molar-refractivity contribution is -0.129. The smallest absolute Gasteiger partial charge is 0.237 e. The number of benzene rings is 2. The van der Waals surface area contributed by atoms with E-state index in [4.69, 9.17) is 4.74 Å². The second-order valence-electron chi connectivity index (χ2n) is 9.14. The molecular formula is C27H32N4O3S. The van der Waals surface area contributed by atoms with Crippen LogP contribution in [-0.2, 0) is 16.1 Å². The molecule has 2 aromatic carbocycles. The number of nitrogens with zero attached hydrogens (tertiary/aromatic N) is 1. The Morgan fingerprint density at radius 3 is 2.80 bits per heavy atom. The highest BCUT2D eigenvalue weighted by atomic mass is 32.2. The topological polar surface area (TPSA) is 82.7 Å². The molecule has 0 aromatic heterocycles. The fraction of sp³-hybridized carbons (Fsp3) is 0.407. The molecule has 0 radical (unpaired) electrons. The van der Waals surface area contributed by atoms with Gasteiger partial charge in [-0.25, -0.2) is 0 Å². The van der Waals surface area contributed by atoms with E-state index in [1.54, 1.807) is 11.8 Å². The van der Waals surface area contributed by atoms with Gasteiger partial charge in [0.15, 0.2) is 0 Å². The summed E-state index contributed by atoms with van der Waals surface area (Å²) in [7, 11) is 0. The number of hydrogen-bond donors (Lipinski definition) is 3. The predicted octanol–water partition coefficient (Wildman–Crippen LogP) is 2.94. The fourth-order valence-corrected chi connectivity index (χ4v) is 6.23. The summed E-state index contributed by atoms with van der Waals surface area (Å²) in [6.07, 6.45) is 1.46. The van der Waals surface area contributed by atoms with Gasteiger partial charge < -0.3 is 15.4 Å². The van der Waals surface area contributed by atoms with Crippen molar-refractivity contribution in [1.82, 2.24) is 20.9 Å². The summed E-state index contributed by atoms with van der Waals surface area (Å²) < 4.78 is 5.68. The van der Waals surface area contributed by atoms with Gasteiger partial charge >= 0.3 is 0 Å². The Kier molecular flexibility index (Phi) is 7.41. The number of thioether (sulfide) groups is 1. The van der Waals surface area contributed by atoms with Crippen LogP contribution < -0.4 is 20.7 Å². The highest BCUT2D eigenvalue weighted by Crippen LogP contribution is 2.38. The number of piperidine rings is 1. The van der Waals surface area contributed by atoms with E-state index in [2.05, 4.69) is 38.4 Å². The van der Waals surface area contributed by atoms with Crippen molar-refractivity contribution < 1.29 is 14.3 Å². The Hall–Kier alpha value is -2.81. The van der Waals surface area contributed by atoms with Crippen LogP contribution >= 0.6 is 11.8 Å². The van der Waals surface area contributed by atoms with E-state index in [1.807, 2.05) is 49.4 Å². The molecular weight excluding hydrogens is 460 g/mol. The SMILES string of the molecule is CCOc1ccccc1CNC(=O)C1CCCN(C2NC(=O)C3SC=C(c4ccccc4)C3N2)C1. The highest BCUT2D eigenvalue weighted by molar-refractivity contribution is 8.04. The first-order chi connectivity index (χ1) is 17.1. The summed E-state index contributed by atoms with van der Waals surface area (Å²) in [5.41, 5.74) is 3.26. The highest BCUT2D eigenvalue weighted by Gasteiger charge is 2.44. The molecule has 7 nitrogen and oxygen atoms in total. The van der Waals surface area contributed by atoms with Crippen molar-refractivity contribution in [1.29, 1.82) is 0 Å². The van der Waals surface area contributed by atoms with Gasteiger partial charge in [-0.05, 0) is 42.4 Å². The maximum absolute atomic E-state index is 13.1. The van der Waals surface area contributed by atoms with Crippen molar-refractivity contribution in [2.45, 2.75) is 43.9 Å². The van der Waals surface area contributed by atoms with Crippen molar-refractivity contribution in [2.24, 2.45) is 5.92 Å². The van der Waals surface area contributed by atoms with E-state index >= 15 is 0 Å². The third-order valence-electron chi connectivity index (χ3n) is 6.88. The van der Waals surface area contributed by atoms with Crippen LogP contribution in [0.1, 0.15) is 30.9 Å². The number of likely N-dealkylation sites (tertiary alicyclic amines) is 1. The average molecular weight is 493 g/mol. The lowest BCUT2D eigenvalue weighted by Crippen LogP contribution is -2.69. The van der Waals surface area contributed by atoms with E-state index < -0.39 is 0 Å². The molecule has 2 fully saturated rings. The van der Waals surface area contributed by atoms with Gasteiger partial charge in [0.05, 0.1) is 18.6 Å². The van der Waals surface area contributed by atoms with E-state index in [1.165, 1.54) is 0 Å². The van der Waals surface area contributed by atoms with Crippen LogP contribution in [0.4, 0.5) is 0 Å². The largest absolute Gasteiger partial charge is 0.494 e. The number of hydrogen-bond acceptors (Lipinski definition) is 6. The van der Waals surface area contributed by atoms with Gasteiger partial charge in [0.25, 0.3) is 0 Å². The summed E-state index contributed by atoms with van der Waals surface area (Å²) >= 11 is 1.57. The maximum Gasteiger partial charge on any atom is 0.237 e. The molecule has 4 unspecified atom stereocenters. The van der Waals surface area contributed by atoms with Gasteiger partial charge in [-0.2, -0.15) is 0 Å². The Bertz CT molecular complexity index is 1090. The molecule has 2 aromatic rings. The first-order valence-electron chi connectivity index (χ1n) is 12.3. The average Bonchev–Trinajstić information content (AvgIpc) is 3.33. The Morgan fingerprint density at radius 2 is 1.97 bits per heavy atom. The van der Waals surface area contributed by atoms with Crippen LogP contribution in [0.25, 0.3) is 5.57 Å². The number of carbonyl (C=O) groups excluding carboxylic acids is 2. The molecule has 3 aliphatic heterocycles. The number of nitrogens with one attached hydrogen (secondary N) is 3. The molecule has 2 amide bonds. The molecule has 3 aliphatic rings. The monoisotopic (exact) mass is 492 g/mol. The zero-order chi connectivity index (χ0) is 24.2. The zero-order valence-electron chi connectivity index (χ0n) is 19.9. The van der Waals surface area contributed by atoms with Gasteiger partial charge in [-0.3, -0.25) is 19.8 Å². The molecule has 0 spiro atoms. The number of rotatable bonds is 7. The molecule has 2 saturated heterocycles. The van der Waals surface area contributed by atoms with Gasteiger partial charge in [-0.1, -0.05) is 48.5 Å². The summed E-state index contributed by atoms with van der Waals surface area (Å²) in [5, 5.41) is 11.8. The lowest BCUT2D eigenvalue weighted by Gasteiger charge is -2.43. The minimum absolute atomic E-state index is 0.0438. The van der Waals surface area contributed by atoms with E-state index in [9.17, 15) is 9.59 Å². The Labute approximate surface area is 210 Å². The Balaban J connectivity index is 1.21. The third kappa shape index (κ3) is 5.24. The molecule has 0 aliphatic carbocycles. The molecule has 184 valence electrons.